The number of anilines is 1. The van der Waals surface area contributed by atoms with Crippen LogP contribution in [0.2, 0.25) is 0 Å². The lowest BCUT2D eigenvalue weighted by Gasteiger charge is -2.25. The first-order valence-electron chi connectivity index (χ1n) is 10.0. The summed E-state index contributed by atoms with van der Waals surface area (Å²) in [6.07, 6.45) is 0. The summed E-state index contributed by atoms with van der Waals surface area (Å²) < 4.78 is 0. The molecule has 4 rings (SSSR count). The lowest BCUT2D eigenvalue weighted by atomic mass is 9.82. The Morgan fingerprint density at radius 1 is 0.871 bits per heavy atom. The summed E-state index contributed by atoms with van der Waals surface area (Å²) in [7, 11) is 1.69. The number of rotatable bonds is 6. The predicted octanol–water partition coefficient (Wildman–Crippen LogP) is 3.14. The number of hydrogen-bond donors (Lipinski definition) is 2. The number of benzene rings is 3. The van der Waals surface area contributed by atoms with Crippen LogP contribution in [0.5, 0.6) is 0 Å². The minimum atomic E-state index is -0.314. The summed E-state index contributed by atoms with van der Waals surface area (Å²) in [6, 6.07) is 19.4. The first-order valence-corrected chi connectivity index (χ1v) is 10.0. The maximum absolute atomic E-state index is 13.3. The molecule has 0 heterocycles. The van der Waals surface area contributed by atoms with Crippen molar-refractivity contribution in [3.8, 4) is 0 Å². The van der Waals surface area contributed by atoms with Gasteiger partial charge in [0.25, 0.3) is 5.91 Å². The first kappa shape index (κ1) is 20.5. The molecule has 3 aromatic carbocycles. The van der Waals surface area contributed by atoms with Gasteiger partial charge in [-0.3, -0.25) is 14.4 Å². The Bertz CT molecular complexity index is 1170. The fourth-order valence-corrected chi connectivity index (χ4v) is 3.86. The van der Waals surface area contributed by atoms with Crippen molar-refractivity contribution >= 4 is 23.2 Å². The zero-order valence-electron chi connectivity index (χ0n) is 17.1. The molecule has 0 atom stereocenters. The minimum absolute atomic E-state index is 0.141. The summed E-state index contributed by atoms with van der Waals surface area (Å²) in [5, 5.41) is 12.3. The molecule has 31 heavy (non-hydrogen) atoms. The van der Waals surface area contributed by atoms with Crippen molar-refractivity contribution in [2.45, 2.75) is 6.54 Å². The van der Waals surface area contributed by atoms with E-state index in [1.807, 2.05) is 30.3 Å². The van der Waals surface area contributed by atoms with Gasteiger partial charge in [-0.2, -0.15) is 0 Å². The standard InChI is InChI=1S/C25H22N2O4/c1-27(15-16-7-3-2-4-8-16)25(31)20-12-11-19-21(22(20)26-13-14-28)24(30)18-10-6-5-9-17(18)23(19)29/h2-12,26,28H,13-15H2,1H3. The lowest BCUT2D eigenvalue weighted by molar-refractivity contribution is 0.0785. The van der Waals surface area contributed by atoms with Gasteiger partial charge < -0.3 is 15.3 Å². The fourth-order valence-electron chi connectivity index (χ4n) is 3.86. The fraction of sp³-hybridized carbons (Fsp3) is 0.160. The monoisotopic (exact) mass is 414 g/mol. The maximum atomic E-state index is 13.3. The highest BCUT2D eigenvalue weighted by molar-refractivity contribution is 6.31. The summed E-state index contributed by atoms with van der Waals surface area (Å²) in [5.74, 6) is -0.855. The molecule has 0 unspecified atom stereocenters. The van der Waals surface area contributed by atoms with Crippen LogP contribution in [0.25, 0.3) is 0 Å². The number of carbonyl (C=O) groups excluding carboxylic acids is 3. The molecule has 0 radical (unpaired) electrons. The topological polar surface area (TPSA) is 86.7 Å². The van der Waals surface area contributed by atoms with Crippen molar-refractivity contribution < 1.29 is 19.5 Å². The predicted molar refractivity (Wildman–Crippen MR) is 118 cm³/mol. The van der Waals surface area contributed by atoms with Gasteiger partial charge in [0.05, 0.1) is 23.4 Å². The van der Waals surface area contributed by atoms with Crippen molar-refractivity contribution in [2.24, 2.45) is 0 Å². The van der Waals surface area contributed by atoms with Gasteiger partial charge in [-0.05, 0) is 17.7 Å². The molecular weight excluding hydrogens is 392 g/mol. The third-order valence-corrected chi connectivity index (χ3v) is 5.35. The van der Waals surface area contributed by atoms with Crippen LogP contribution in [0.1, 0.15) is 47.8 Å². The molecule has 6 nitrogen and oxygen atoms in total. The van der Waals surface area contributed by atoms with Crippen LogP contribution < -0.4 is 5.32 Å². The maximum Gasteiger partial charge on any atom is 0.256 e. The molecule has 156 valence electrons. The summed E-state index contributed by atoms with van der Waals surface area (Å²) in [5.41, 5.74) is 2.64. The number of aliphatic hydroxyl groups is 1. The highest BCUT2D eigenvalue weighted by atomic mass is 16.3. The molecule has 2 N–H and O–H groups in total. The molecule has 6 heteroatoms. The van der Waals surface area contributed by atoms with Crippen molar-refractivity contribution in [2.75, 3.05) is 25.5 Å². The van der Waals surface area contributed by atoms with Crippen LogP contribution in [0.3, 0.4) is 0 Å². The first-order chi connectivity index (χ1) is 15.0. The van der Waals surface area contributed by atoms with Crippen LogP contribution in [0.15, 0.2) is 66.7 Å². The van der Waals surface area contributed by atoms with E-state index in [9.17, 15) is 19.5 Å². The van der Waals surface area contributed by atoms with Crippen LogP contribution in [-0.2, 0) is 6.54 Å². The molecule has 0 saturated carbocycles. The van der Waals surface area contributed by atoms with Gasteiger partial charge in [0.1, 0.15) is 0 Å². The summed E-state index contributed by atoms with van der Waals surface area (Å²) >= 11 is 0. The number of nitrogens with one attached hydrogen (secondary N) is 1. The average molecular weight is 414 g/mol. The zero-order valence-corrected chi connectivity index (χ0v) is 17.1. The van der Waals surface area contributed by atoms with Gasteiger partial charge in [-0.15, -0.1) is 0 Å². The number of ketones is 2. The Morgan fingerprint density at radius 2 is 1.52 bits per heavy atom. The van der Waals surface area contributed by atoms with Crippen molar-refractivity contribution in [1.82, 2.24) is 4.90 Å². The summed E-state index contributed by atoms with van der Waals surface area (Å²) in [6.45, 7) is 0.351. The zero-order chi connectivity index (χ0) is 22.0. The smallest absolute Gasteiger partial charge is 0.256 e. The second kappa shape index (κ2) is 8.53. The quantitative estimate of drug-likeness (QED) is 0.506. The number of aliphatic hydroxyl groups excluding tert-OH is 1. The van der Waals surface area contributed by atoms with E-state index in [-0.39, 0.29) is 53.0 Å². The van der Waals surface area contributed by atoms with E-state index in [1.54, 1.807) is 48.3 Å². The normalized spacial score (nSPS) is 12.2. The largest absolute Gasteiger partial charge is 0.395 e. The SMILES string of the molecule is CN(Cc1ccccc1)C(=O)c1ccc2c(c1NCCO)C(=O)c1ccccc1C2=O. The Morgan fingerprint density at radius 3 is 2.19 bits per heavy atom. The highest BCUT2D eigenvalue weighted by Crippen LogP contribution is 2.34. The van der Waals surface area contributed by atoms with Crippen LogP contribution in [0.4, 0.5) is 5.69 Å². The average Bonchev–Trinajstić information content (AvgIpc) is 2.80. The third kappa shape index (κ3) is 3.73. The Balaban J connectivity index is 1.78. The molecule has 0 saturated heterocycles. The third-order valence-electron chi connectivity index (χ3n) is 5.35. The molecule has 1 amide bonds. The molecule has 0 spiro atoms. The molecule has 0 aliphatic heterocycles. The van der Waals surface area contributed by atoms with Crippen molar-refractivity contribution in [3.63, 3.8) is 0 Å². The molecule has 3 aromatic rings. The molecule has 0 bridgehead atoms. The summed E-state index contributed by atoms with van der Waals surface area (Å²) in [4.78, 5) is 41.1. The van der Waals surface area contributed by atoms with Gasteiger partial charge in [0, 0.05) is 36.8 Å². The van der Waals surface area contributed by atoms with Crippen molar-refractivity contribution in [3.05, 3.63) is 100 Å². The van der Waals surface area contributed by atoms with E-state index < -0.39 is 0 Å². The van der Waals surface area contributed by atoms with E-state index in [0.29, 0.717) is 17.7 Å². The van der Waals surface area contributed by atoms with Crippen molar-refractivity contribution in [1.29, 1.82) is 0 Å². The Labute approximate surface area is 180 Å². The van der Waals surface area contributed by atoms with Gasteiger partial charge in [0.15, 0.2) is 11.6 Å². The van der Waals surface area contributed by atoms with Crippen LogP contribution in [0, 0.1) is 0 Å². The Hall–Kier alpha value is -3.77. The minimum Gasteiger partial charge on any atom is -0.395 e. The van der Waals surface area contributed by atoms with E-state index >= 15 is 0 Å². The highest BCUT2D eigenvalue weighted by Gasteiger charge is 2.34. The van der Waals surface area contributed by atoms with E-state index in [4.69, 9.17) is 0 Å². The van der Waals surface area contributed by atoms with E-state index in [2.05, 4.69) is 5.32 Å². The van der Waals surface area contributed by atoms with Gasteiger partial charge in [0.2, 0.25) is 0 Å². The number of hydrogen-bond acceptors (Lipinski definition) is 5. The molecule has 0 fully saturated rings. The second-order valence-electron chi connectivity index (χ2n) is 7.41. The molecule has 0 aromatic heterocycles. The number of fused-ring (bicyclic) bond motifs is 2. The van der Waals surface area contributed by atoms with E-state index in [1.165, 1.54) is 0 Å². The van der Waals surface area contributed by atoms with Crippen LogP contribution >= 0.6 is 0 Å². The lowest BCUT2D eigenvalue weighted by Crippen LogP contribution is -2.30. The number of nitrogens with zero attached hydrogens (tertiary/aromatic N) is 1. The molecule has 1 aliphatic carbocycles. The number of carbonyl (C=O) groups is 3. The van der Waals surface area contributed by atoms with Gasteiger partial charge in [-0.1, -0.05) is 54.6 Å². The number of amides is 1. The molecular formula is C25H22N2O4. The van der Waals surface area contributed by atoms with Gasteiger partial charge in [-0.25, -0.2) is 0 Å². The van der Waals surface area contributed by atoms with Crippen LogP contribution in [-0.4, -0.2) is 47.7 Å². The van der Waals surface area contributed by atoms with Gasteiger partial charge >= 0.3 is 0 Å². The Kier molecular flexibility index (Phi) is 5.64. The molecule has 1 aliphatic rings. The van der Waals surface area contributed by atoms with E-state index in [0.717, 1.165) is 5.56 Å². The second-order valence-corrected chi connectivity index (χ2v) is 7.41.